The van der Waals surface area contributed by atoms with Crippen molar-refractivity contribution in [3.63, 3.8) is 0 Å². The fourth-order valence-corrected chi connectivity index (χ4v) is 1.98. The summed E-state index contributed by atoms with van der Waals surface area (Å²) in [5.41, 5.74) is 3.13. The average molecular weight is 215 g/mol. The van der Waals surface area contributed by atoms with Crippen molar-refractivity contribution in [3.05, 3.63) is 54.1 Å². The zero-order chi connectivity index (χ0) is 11.5. The molecule has 1 radical (unpaired) electrons. The van der Waals surface area contributed by atoms with Crippen LogP contribution in [0, 0.1) is 6.92 Å². The van der Waals surface area contributed by atoms with Crippen LogP contribution in [0.15, 0.2) is 41.6 Å². The summed E-state index contributed by atoms with van der Waals surface area (Å²) in [7, 11) is 0. The smallest absolute Gasteiger partial charge is 0.319 e. The van der Waals surface area contributed by atoms with E-state index in [0.29, 0.717) is 6.42 Å². The van der Waals surface area contributed by atoms with Crippen LogP contribution < -0.4 is 10.6 Å². The predicted octanol–water partition coefficient (Wildman–Crippen LogP) is 2.54. The molecule has 0 bridgehead atoms. The summed E-state index contributed by atoms with van der Waals surface area (Å²) < 4.78 is 0. The lowest BCUT2D eigenvalue weighted by Crippen LogP contribution is -2.43. The number of nitrogens with one attached hydrogen (secondary N) is 2. The maximum Gasteiger partial charge on any atom is 0.319 e. The molecule has 2 N–H and O–H groups in total. The van der Waals surface area contributed by atoms with E-state index in [-0.39, 0.29) is 12.1 Å². The molecule has 83 valence electrons. The molecule has 1 aromatic rings. The van der Waals surface area contributed by atoms with Gasteiger partial charge in [-0.15, -0.1) is 0 Å². The number of rotatable bonds is 2. The summed E-state index contributed by atoms with van der Waals surface area (Å²) in [6, 6.07) is 9.74. The Hall–Kier alpha value is -1.77. The number of urea groups is 1. The van der Waals surface area contributed by atoms with Gasteiger partial charge < -0.3 is 10.6 Å². The topological polar surface area (TPSA) is 41.1 Å². The van der Waals surface area contributed by atoms with Crippen molar-refractivity contribution in [2.24, 2.45) is 0 Å². The zero-order valence-electron chi connectivity index (χ0n) is 9.29. The van der Waals surface area contributed by atoms with Crippen LogP contribution in [0.5, 0.6) is 0 Å². The molecular weight excluding hydrogens is 200 g/mol. The summed E-state index contributed by atoms with van der Waals surface area (Å²) in [6.07, 6.45) is 0.679. The molecule has 0 saturated carbocycles. The van der Waals surface area contributed by atoms with Gasteiger partial charge >= 0.3 is 6.03 Å². The molecule has 0 aromatic heterocycles. The highest BCUT2D eigenvalue weighted by atomic mass is 16.2. The molecule has 1 atom stereocenters. The Labute approximate surface area is 95.6 Å². The van der Waals surface area contributed by atoms with E-state index >= 15 is 0 Å². The van der Waals surface area contributed by atoms with Crippen LogP contribution >= 0.6 is 0 Å². The highest BCUT2D eigenvalue weighted by molar-refractivity contribution is 5.78. The van der Waals surface area contributed by atoms with Crippen molar-refractivity contribution in [2.45, 2.75) is 19.4 Å². The molecule has 0 fully saturated rings. The second kappa shape index (κ2) is 4.39. The summed E-state index contributed by atoms with van der Waals surface area (Å²) in [6.45, 7) is 5.82. The standard InChI is InChI=1S/C13H15N2O/c1-3-11-9(2)14-13(16)15-12(11)10-7-5-4-6-8-10/h4-8,12H,1,3H2,2H3,(H2,14,15,16). The second-order valence-electron chi connectivity index (χ2n) is 3.84. The summed E-state index contributed by atoms with van der Waals surface area (Å²) in [4.78, 5) is 11.4. The van der Waals surface area contributed by atoms with Crippen molar-refractivity contribution in [1.82, 2.24) is 10.6 Å². The first-order valence-electron chi connectivity index (χ1n) is 5.33. The highest BCUT2D eigenvalue weighted by Crippen LogP contribution is 2.27. The molecule has 1 heterocycles. The molecule has 3 nitrogen and oxygen atoms in total. The van der Waals surface area contributed by atoms with Crippen molar-refractivity contribution in [3.8, 4) is 0 Å². The van der Waals surface area contributed by atoms with Gasteiger partial charge in [-0.2, -0.15) is 0 Å². The lowest BCUT2D eigenvalue weighted by molar-refractivity contribution is 0.238. The van der Waals surface area contributed by atoms with Gasteiger partial charge in [0.05, 0.1) is 6.04 Å². The largest absolute Gasteiger partial charge is 0.327 e. The Morgan fingerprint density at radius 2 is 2.00 bits per heavy atom. The van der Waals surface area contributed by atoms with Crippen molar-refractivity contribution in [2.75, 3.05) is 0 Å². The number of carbonyl (C=O) groups is 1. The van der Waals surface area contributed by atoms with Crippen LogP contribution in [0.3, 0.4) is 0 Å². The van der Waals surface area contributed by atoms with E-state index in [1.165, 1.54) is 0 Å². The minimum atomic E-state index is -0.149. The van der Waals surface area contributed by atoms with Gasteiger partial charge in [0.25, 0.3) is 0 Å². The molecule has 0 spiro atoms. The monoisotopic (exact) mass is 215 g/mol. The van der Waals surface area contributed by atoms with E-state index in [0.717, 1.165) is 16.8 Å². The van der Waals surface area contributed by atoms with Crippen LogP contribution in [-0.4, -0.2) is 6.03 Å². The molecular formula is C13H15N2O. The van der Waals surface area contributed by atoms with Crippen LogP contribution in [0.2, 0.25) is 0 Å². The third-order valence-electron chi connectivity index (χ3n) is 2.81. The summed E-state index contributed by atoms with van der Waals surface area (Å²) in [5.74, 6) is 0. The lowest BCUT2D eigenvalue weighted by atomic mass is 9.94. The lowest BCUT2D eigenvalue weighted by Gasteiger charge is -2.28. The van der Waals surface area contributed by atoms with Crippen molar-refractivity contribution in [1.29, 1.82) is 0 Å². The first kappa shape index (κ1) is 10.7. The molecule has 1 aromatic carbocycles. The van der Waals surface area contributed by atoms with E-state index in [9.17, 15) is 4.79 Å². The molecule has 16 heavy (non-hydrogen) atoms. The molecule has 0 saturated heterocycles. The Morgan fingerprint density at radius 3 is 2.62 bits per heavy atom. The number of benzene rings is 1. The number of hydrogen-bond donors (Lipinski definition) is 2. The van der Waals surface area contributed by atoms with Gasteiger partial charge in [-0.3, -0.25) is 0 Å². The normalized spacial score (nSPS) is 20.4. The maximum atomic E-state index is 11.4. The Balaban J connectivity index is 2.39. The number of amides is 2. The van der Waals surface area contributed by atoms with Crippen LogP contribution in [0.1, 0.15) is 24.9 Å². The molecule has 1 unspecified atom stereocenters. The maximum absolute atomic E-state index is 11.4. The van der Waals surface area contributed by atoms with Gasteiger partial charge in [0, 0.05) is 5.70 Å². The van der Waals surface area contributed by atoms with Crippen LogP contribution in [0.4, 0.5) is 4.79 Å². The fourth-order valence-electron chi connectivity index (χ4n) is 1.98. The molecule has 2 rings (SSSR count). The summed E-state index contributed by atoms with van der Waals surface area (Å²) >= 11 is 0. The van der Waals surface area contributed by atoms with E-state index < -0.39 is 0 Å². The first-order chi connectivity index (χ1) is 7.72. The number of carbonyl (C=O) groups excluding carboxylic acids is 1. The zero-order valence-corrected chi connectivity index (χ0v) is 9.29. The molecule has 0 aliphatic carbocycles. The van der Waals surface area contributed by atoms with Crippen molar-refractivity contribution >= 4 is 6.03 Å². The van der Waals surface area contributed by atoms with E-state index in [1.54, 1.807) is 0 Å². The van der Waals surface area contributed by atoms with E-state index in [4.69, 9.17) is 0 Å². The fraction of sp³-hybridized carbons (Fsp3) is 0.231. The SMILES string of the molecule is [CH2]CC1=C(C)NC(=O)NC1c1ccccc1. The Bertz CT molecular complexity index is 423. The van der Waals surface area contributed by atoms with Gasteiger partial charge in [0.1, 0.15) is 0 Å². The molecule has 3 heteroatoms. The van der Waals surface area contributed by atoms with Crippen LogP contribution in [-0.2, 0) is 0 Å². The first-order valence-corrected chi connectivity index (χ1v) is 5.33. The quantitative estimate of drug-likeness (QED) is 0.782. The predicted molar refractivity (Wildman–Crippen MR) is 63.5 cm³/mol. The van der Waals surface area contributed by atoms with Gasteiger partial charge in [0.15, 0.2) is 0 Å². The van der Waals surface area contributed by atoms with Gasteiger partial charge in [-0.05, 0) is 31.4 Å². The summed E-state index contributed by atoms with van der Waals surface area (Å²) in [5, 5.41) is 5.69. The van der Waals surface area contributed by atoms with Crippen molar-refractivity contribution < 1.29 is 4.79 Å². The third-order valence-corrected chi connectivity index (χ3v) is 2.81. The van der Waals surface area contributed by atoms with E-state index in [2.05, 4.69) is 17.6 Å². The Kier molecular flexibility index (Phi) is 2.95. The third kappa shape index (κ3) is 1.94. The van der Waals surface area contributed by atoms with Crippen LogP contribution in [0.25, 0.3) is 0 Å². The van der Waals surface area contributed by atoms with E-state index in [1.807, 2.05) is 37.3 Å². The van der Waals surface area contributed by atoms with Gasteiger partial charge in [-0.25, -0.2) is 4.79 Å². The Morgan fingerprint density at radius 1 is 1.31 bits per heavy atom. The number of allylic oxidation sites excluding steroid dienone is 1. The molecule has 1 aliphatic rings. The average Bonchev–Trinajstić information content (AvgIpc) is 2.29. The van der Waals surface area contributed by atoms with Gasteiger partial charge in [-0.1, -0.05) is 30.3 Å². The number of hydrogen-bond acceptors (Lipinski definition) is 1. The second-order valence-corrected chi connectivity index (χ2v) is 3.84. The highest BCUT2D eigenvalue weighted by Gasteiger charge is 2.24. The minimum absolute atomic E-state index is 0.0487. The van der Waals surface area contributed by atoms with Gasteiger partial charge in [0.2, 0.25) is 0 Å². The molecule has 1 aliphatic heterocycles. The minimum Gasteiger partial charge on any atom is -0.327 e. The molecule has 2 amide bonds.